The lowest BCUT2D eigenvalue weighted by Crippen LogP contribution is -2.15. The van der Waals surface area contributed by atoms with E-state index in [4.69, 9.17) is 14.8 Å². The van der Waals surface area contributed by atoms with E-state index in [1.165, 1.54) is 6.42 Å². The molecule has 1 aliphatic heterocycles. The summed E-state index contributed by atoms with van der Waals surface area (Å²) in [5, 5.41) is 15.7. The van der Waals surface area contributed by atoms with Crippen LogP contribution in [0, 0.1) is 11.3 Å². The molecule has 1 unspecified atom stereocenters. The second-order valence-electron chi connectivity index (χ2n) is 9.73. The maximum absolute atomic E-state index is 8.94. The van der Waals surface area contributed by atoms with Crippen molar-refractivity contribution in [2.24, 2.45) is 16.3 Å². The van der Waals surface area contributed by atoms with E-state index in [-0.39, 0.29) is 12.0 Å². The zero-order valence-electron chi connectivity index (χ0n) is 20.9. The van der Waals surface area contributed by atoms with E-state index < -0.39 is 0 Å². The number of aromatic nitrogens is 1. The van der Waals surface area contributed by atoms with Crippen molar-refractivity contribution in [3.05, 3.63) is 36.5 Å². The van der Waals surface area contributed by atoms with Gasteiger partial charge >= 0.3 is 0 Å². The Kier molecular flexibility index (Phi) is 10.0. The summed E-state index contributed by atoms with van der Waals surface area (Å²) in [7, 11) is 2.05. The van der Waals surface area contributed by atoms with Gasteiger partial charge in [0.2, 0.25) is 0 Å². The first-order valence-corrected chi connectivity index (χ1v) is 12.8. The van der Waals surface area contributed by atoms with Gasteiger partial charge in [0, 0.05) is 56.3 Å². The number of aliphatic hydroxyl groups excluding tert-OH is 1. The Morgan fingerprint density at radius 1 is 1.21 bits per heavy atom. The first kappa shape index (κ1) is 26.3. The smallest absolute Gasteiger partial charge is 0.126 e. The fraction of sp³-hybridized carbons (Fsp3) is 0.538. The van der Waals surface area contributed by atoms with E-state index in [0.717, 1.165) is 60.4 Å². The third kappa shape index (κ3) is 8.81. The highest BCUT2D eigenvalue weighted by Gasteiger charge is 2.15. The van der Waals surface area contributed by atoms with Gasteiger partial charge in [0.25, 0.3) is 0 Å². The van der Waals surface area contributed by atoms with Gasteiger partial charge in [0.1, 0.15) is 5.82 Å². The minimum Gasteiger partial charge on any atom is -0.395 e. The molecule has 3 N–H and O–H groups in total. The quantitative estimate of drug-likeness (QED) is 0.298. The Morgan fingerprint density at radius 2 is 2.06 bits per heavy atom. The molecule has 1 aromatic carbocycles. The number of aliphatic hydroxyl groups is 1. The van der Waals surface area contributed by atoms with Gasteiger partial charge in [-0.15, -0.1) is 0 Å². The van der Waals surface area contributed by atoms with Crippen LogP contribution in [0.25, 0.3) is 0 Å². The van der Waals surface area contributed by atoms with Crippen molar-refractivity contribution in [2.75, 3.05) is 54.9 Å². The predicted octanol–water partition coefficient (Wildman–Crippen LogP) is 5.61. The summed E-state index contributed by atoms with van der Waals surface area (Å²) < 4.78 is 7.74. The van der Waals surface area contributed by atoms with Crippen molar-refractivity contribution in [3.8, 4) is 0 Å². The normalized spacial score (nSPS) is 16.9. The van der Waals surface area contributed by atoms with Crippen LogP contribution in [-0.2, 0) is 4.74 Å². The van der Waals surface area contributed by atoms with Crippen molar-refractivity contribution in [1.82, 2.24) is 4.98 Å². The SMILES string of the molecule is CN(Sc1ccc(NCCO)nc1)c1ccc(NCC2CCCOCC2)c(N=CC(C)(C)C)c1. The minimum atomic E-state index is 0.00400. The van der Waals surface area contributed by atoms with Crippen LogP contribution in [0.3, 0.4) is 0 Å². The summed E-state index contributed by atoms with van der Waals surface area (Å²) in [5.74, 6) is 1.39. The molecule has 0 radical (unpaired) electrons. The van der Waals surface area contributed by atoms with E-state index in [0.29, 0.717) is 12.5 Å². The van der Waals surface area contributed by atoms with Gasteiger partial charge < -0.3 is 24.8 Å². The minimum absolute atomic E-state index is 0.00400. The van der Waals surface area contributed by atoms with Gasteiger partial charge in [-0.2, -0.15) is 0 Å². The molecule has 0 aliphatic carbocycles. The van der Waals surface area contributed by atoms with Gasteiger partial charge in [-0.05, 0) is 72.9 Å². The number of nitrogens with zero attached hydrogens (tertiary/aromatic N) is 3. The molecule has 186 valence electrons. The third-order valence-corrected chi connectivity index (χ3v) is 6.42. The maximum atomic E-state index is 8.94. The molecule has 0 spiro atoms. The maximum Gasteiger partial charge on any atom is 0.126 e. The molecule has 2 aromatic rings. The highest BCUT2D eigenvalue weighted by atomic mass is 32.2. The molecule has 1 saturated heterocycles. The van der Waals surface area contributed by atoms with Gasteiger partial charge in [0.05, 0.1) is 18.0 Å². The Bertz CT molecular complexity index is 906. The number of hydrogen-bond acceptors (Lipinski definition) is 8. The standard InChI is InChI=1S/C26H39N5O2S/c1-26(2,3)19-30-24-16-21(7-9-23(24)28-17-20-6-5-14-33-15-11-20)31(4)34-22-8-10-25(29-18-22)27-12-13-32/h7-10,16,18-20,28,32H,5-6,11-15,17H2,1-4H3,(H,27,29). The zero-order valence-corrected chi connectivity index (χ0v) is 21.7. The van der Waals surface area contributed by atoms with E-state index in [1.54, 1.807) is 11.9 Å². The summed E-state index contributed by atoms with van der Waals surface area (Å²) in [6, 6.07) is 10.4. The average molecular weight is 486 g/mol. The number of aliphatic imine (C=N–C) groups is 1. The number of anilines is 3. The van der Waals surface area contributed by atoms with Crippen LogP contribution in [0.4, 0.5) is 22.9 Å². The number of pyridine rings is 1. The van der Waals surface area contributed by atoms with Crippen molar-refractivity contribution in [2.45, 2.75) is 44.9 Å². The van der Waals surface area contributed by atoms with Gasteiger partial charge in [0.15, 0.2) is 0 Å². The molecule has 0 saturated carbocycles. The summed E-state index contributed by atoms with van der Waals surface area (Å²) in [6.07, 6.45) is 7.30. The van der Waals surface area contributed by atoms with Gasteiger partial charge in [-0.3, -0.25) is 4.99 Å². The average Bonchev–Trinajstić information content (AvgIpc) is 3.09. The van der Waals surface area contributed by atoms with Crippen molar-refractivity contribution < 1.29 is 9.84 Å². The summed E-state index contributed by atoms with van der Waals surface area (Å²) >= 11 is 1.61. The molecule has 7 nitrogen and oxygen atoms in total. The lowest BCUT2D eigenvalue weighted by Gasteiger charge is -2.21. The molecule has 3 rings (SSSR count). The molecule has 1 atom stereocenters. The Balaban J connectivity index is 1.71. The van der Waals surface area contributed by atoms with Crippen molar-refractivity contribution in [1.29, 1.82) is 0 Å². The van der Waals surface area contributed by atoms with Gasteiger partial charge in [-0.1, -0.05) is 20.8 Å². The Labute approximate surface area is 208 Å². The molecule has 1 fully saturated rings. The first-order chi connectivity index (χ1) is 16.3. The fourth-order valence-corrected chi connectivity index (χ4v) is 4.36. The van der Waals surface area contributed by atoms with E-state index in [1.807, 2.05) is 31.6 Å². The molecular formula is C26H39N5O2S. The van der Waals surface area contributed by atoms with E-state index in [9.17, 15) is 0 Å². The third-order valence-electron chi connectivity index (χ3n) is 5.49. The van der Waals surface area contributed by atoms with Crippen LogP contribution < -0.4 is 14.9 Å². The fourth-order valence-electron chi connectivity index (χ4n) is 3.60. The van der Waals surface area contributed by atoms with Crippen LogP contribution in [-0.4, -0.2) is 56.3 Å². The van der Waals surface area contributed by atoms with Gasteiger partial charge in [-0.25, -0.2) is 4.98 Å². The second kappa shape index (κ2) is 13.0. The Hall–Kier alpha value is -2.29. The molecule has 2 heterocycles. The molecule has 8 heteroatoms. The Morgan fingerprint density at radius 3 is 2.79 bits per heavy atom. The molecule has 1 aromatic heterocycles. The number of benzene rings is 1. The largest absolute Gasteiger partial charge is 0.395 e. The highest BCUT2D eigenvalue weighted by molar-refractivity contribution is 8.00. The number of nitrogens with one attached hydrogen (secondary N) is 2. The molecule has 34 heavy (non-hydrogen) atoms. The number of rotatable bonds is 10. The summed E-state index contributed by atoms with van der Waals surface area (Å²) in [5.41, 5.74) is 3.09. The van der Waals surface area contributed by atoms with Crippen LogP contribution >= 0.6 is 11.9 Å². The molecule has 1 aliphatic rings. The number of ether oxygens (including phenoxy) is 1. The van der Waals surface area contributed by atoms with Crippen molar-refractivity contribution >= 4 is 41.0 Å². The van der Waals surface area contributed by atoms with Crippen LogP contribution in [0.1, 0.15) is 40.0 Å². The van der Waals surface area contributed by atoms with Crippen LogP contribution in [0.15, 0.2) is 46.4 Å². The molecule has 0 bridgehead atoms. The van der Waals surface area contributed by atoms with E-state index in [2.05, 4.69) is 58.9 Å². The monoisotopic (exact) mass is 485 g/mol. The predicted molar refractivity (Wildman–Crippen MR) is 145 cm³/mol. The lowest BCUT2D eigenvalue weighted by atomic mass is 9.99. The first-order valence-electron chi connectivity index (χ1n) is 12.1. The summed E-state index contributed by atoms with van der Waals surface area (Å²) in [4.78, 5) is 10.3. The van der Waals surface area contributed by atoms with Crippen LogP contribution in [0.2, 0.25) is 0 Å². The van der Waals surface area contributed by atoms with Crippen LogP contribution in [0.5, 0.6) is 0 Å². The lowest BCUT2D eigenvalue weighted by molar-refractivity contribution is 0.142. The summed E-state index contributed by atoms with van der Waals surface area (Å²) in [6.45, 7) is 9.73. The second-order valence-corrected chi connectivity index (χ2v) is 10.9. The van der Waals surface area contributed by atoms with Crippen molar-refractivity contribution in [3.63, 3.8) is 0 Å². The van der Waals surface area contributed by atoms with E-state index >= 15 is 0 Å². The molecular weight excluding hydrogens is 446 g/mol. The molecule has 0 amide bonds. The number of hydrogen-bond donors (Lipinski definition) is 3. The highest BCUT2D eigenvalue weighted by Crippen LogP contribution is 2.35. The topological polar surface area (TPSA) is 82.0 Å². The zero-order chi connectivity index (χ0) is 24.4.